The zero-order valence-electron chi connectivity index (χ0n) is 9.68. The van der Waals surface area contributed by atoms with Crippen LogP contribution in [0.2, 0.25) is 5.28 Å². The molecule has 0 atom stereocenters. The van der Waals surface area contributed by atoms with Crippen molar-refractivity contribution < 1.29 is 9.53 Å². The normalized spacial score (nSPS) is 10.1. The summed E-state index contributed by atoms with van der Waals surface area (Å²) in [6.07, 6.45) is 0.829. The zero-order chi connectivity index (χ0) is 12.8. The van der Waals surface area contributed by atoms with Gasteiger partial charge in [0.2, 0.25) is 17.1 Å². The highest BCUT2D eigenvalue weighted by Gasteiger charge is 2.11. The van der Waals surface area contributed by atoms with E-state index in [0.29, 0.717) is 6.61 Å². The van der Waals surface area contributed by atoms with Gasteiger partial charge in [-0.2, -0.15) is 15.0 Å². The Kier molecular flexibility index (Phi) is 4.89. The Morgan fingerprint density at radius 2 is 2.18 bits per heavy atom. The number of amides is 1. The third-order valence-corrected chi connectivity index (χ3v) is 1.91. The van der Waals surface area contributed by atoms with Crippen LogP contribution in [0.15, 0.2) is 0 Å². The number of ether oxygens (including phenoxy) is 1. The first-order valence-corrected chi connectivity index (χ1v) is 5.44. The van der Waals surface area contributed by atoms with E-state index in [0.717, 1.165) is 6.42 Å². The lowest BCUT2D eigenvalue weighted by molar-refractivity contribution is -0.116. The van der Waals surface area contributed by atoms with Crippen molar-refractivity contribution in [3.05, 3.63) is 5.28 Å². The van der Waals surface area contributed by atoms with Crippen LogP contribution >= 0.6 is 11.6 Å². The maximum absolute atomic E-state index is 10.8. The predicted octanol–water partition coefficient (Wildman–Crippen LogP) is 0.235. The number of hydrogen-bond acceptors (Lipinski definition) is 6. The second-order valence-corrected chi connectivity index (χ2v) is 3.70. The van der Waals surface area contributed by atoms with Crippen LogP contribution in [-0.4, -0.2) is 41.1 Å². The molecule has 7 nitrogen and oxygen atoms in total. The Labute approximate surface area is 104 Å². The fraction of sp³-hybridized carbons (Fsp3) is 0.556. The molecule has 94 valence electrons. The summed E-state index contributed by atoms with van der Waals surface area (Å²) >= 11 is 5.72. The van der Waals surface area contributed by atoms with Crippen LogP contribution in [0.4, 0.5) is 5.95 Å². The summed E-state index contributed by atoms with van der Waals surface area (Å²) in [5.74, 6) is -0.241. The molecule has 1 amide bonds. The fourth-order valence-corrected chi connectivity index (χ4v) is 1.20. The number of anilines is 1. The number of halogens is 1. The molecule has 1 aromatic rings. The fourth-order valence-electron chi connectivity index (χ4n) is 1.06. The molecule has 0 fully saturated rings. The summed E-state index contributed by atoms with van der Waals surface area (Å²) in [6.45, 7) is 2.44. The van der Waals surface area contributed by atoms with Gasteiger partial charge in [-0.15, -0.1) is 0 Å². The summed E-state index contributed by atoms with van der Waals surface area (Å²) in [5, 5.41) is 0.0115. The number of likely N-dealkylation sites (N-methyl/N-ethyl adjacent to an activating group) is 1. The van der Waals surface area contributed by atoms with E-state index in [2.05, 4.69) is 15.0 Å². The summed E-state index contributed by atoms with van der Waals surface area (Å²) in [4.78, 5) is 23.9. The van der Waals surface area contributed by atoms with Gasteiger partial charge in [-0.1, -0.05) is 6.92 Å². The van der Waals surface area contributed by atoms with Gasteiger partial charge in [0.25, 0.3) is 0 Å². The number of aromatic nitrogens is 3. The Balaban J connectivity index is 2.84. The minimum Gasteiger partial charge on any atom is -0.463 e. The van der Waals surface area contributed by atoms with Crippen LogP contribution in [-0.2, 0) is 4.79 Å². The number of carbonyl (C=O) groups is 1. The van der Waals surface area contributed by atoms with Crippen LogP contribution in [0.25, 0.3) is 0 Å². The molecular weight excluding hydrogens is 246 g/mol. The summed E-state index contributed by atoms with van der Waals surface area (Å²) in [6, 6.07) is 0.137. The maximum atomic E-state index is 10.8. The largest absolute Gasteiger partial charge is 0.463 e. The molecular formula is C9H14ClN5O2. The quantitative estimate of drug-likeness (QED) is 0.786. The van der Waals surface area contributed by atoms with Crippen LogP contribution in [0.1, 0.15) is 13.3 Å². The lowest BCUT2D eigenvalue weighted by Crippen LogP contribution is -2.31. The molecule has 0 aromatic carbocycles. The topological polar surface area (TPSA) is 94.2 Å². The van der Waals surface area contributed by atoms with E-state index in [4.69, 9.17) is 22.1 Å². The average molecular weight is 260 g/mol. The molecule has 0 saturated heterocycles. The molecule has 0 saturated carbocycles. The van der Waals surface area contributed by atoms with Gasteiger partial charge in [0.1, 0.15) is 0 Å². The van der Waals surface area contributed by atoms with Gasteiger partial charge in [0, 0.05) is 7.05 Å². The van der Waals surface area contributed by atoms with E-state index in [1.54, 1.807) is 7.05 Å². The third kappa shape index (κ3) is 4.39. The number of hydrogen-bond donors (Lipinski definition) is 1. The monoisotopic (exact) mass is 259 g/mol. The lowest BCUT2D eigenvalue weighted by atomic mass is 10.5. The van der Waals surface area contributed by atoms with Gasteiger partial charge in [-0.3, -0.25) is 4.79 Å². The smallest absolute Gasteiger partial charge is 0.322 e. The highest BCUT2D eigenvalue weighted by molar-refractivity contribution is 6.28. The van der Waals surface area contributed by atoms with Gasteiger partial charge < -0.3 is 15.4 Å². The van der Waals surface area contributed by atoms with Crippen molar-refractivity contribution in [3.63, 3.8) is 0 Å². The van der Waals surface area contributed by atoms with E-state index in [1.807, 2.05) is 6.92 Å². The molecule has 1 rings (SSSR count). The zero-order valence-corrected chi connectivity index (χ0v) is 10.4. The molecule has 1 aromatic heterocycles. The summed E-state index contributed by atoms with van der Waals surface area (Å²) in [7, 11) is 1.63. The van der Waals surface area contributed by atoms with Crippen molar-refractivity contribution >= 4 is 23.5 Å². The lowest BCUT2D eigenvalue weighted by Gasteiger charge is -2.15. The average Bonchev–Trinajstić information content (AvgIpc) is 2.24. The second kappa shape index (κ2) is 6.19. The molecule has 0 unspecified atom stereocenters. The van der Waals surface area contributed by atoms with E-state index >= 15 is 0 Å². The molecule has 0 radical (unpaired) electrons. The minimum atomic E-state index is -0.486. The van der Waals surface area contributed by atoms with Crippen molar-refractivity contribution in [2.24, 2.45) is 5.73 Å². The summed E-state index contributed by atoms with van der Waals surface area (Å²) < 4.78 is 5.24. The third-order valence-electron chi connectivity index (χ3n) is 1.75. The van der Waals surface area contributed by atoms with Crippen LogP contribution in [0.5, 0.6) is 6.01 Å². The number of primary amides is 1. The molecule has 8 heteroatoms. The Hall–Kier alpha value is -1.63. The van der Waals surface area contributed by atoms with Crippen LogP contribution in [0.3, 0.4) is 0 Å². The van der Waals surface area contributed by atoms with Crippen molar-refractivity contribution in [2.75, 3.05) is 25.1 Å². The van der Waals surface area contributed by atoms with Gasteiger partial charge in [-0.25, -0.2) is 0 Å². The van der Waals surface area contributed by atoms with Crippen molar-refractivity contribution in [1.82, 2.24) is 15.0 Å². The van der Waals surface area contributed by atoms with E-state index in [-0.39, 0.29) is 23.8 Å². The van der Waals surface area contributed by atoms with Crippen molar-refractivity contribution in [2.45, 2.75) is 13.3 Å². The van der Waals surface area contributed by atoms with Crippen LogP contribution in [0, 0.1) is 0 Å². The molecule has 1 heterocycles. The highest BCUT2D eigenvalue weighted by Crippen LogP contribution is 2.13. The highest BCUT2D eigenvalue weighted by atomic mass is 35.5. The number of nitrogens with two attached hydrogens (primary N) is 1. The Morgan fingerprint density at radius 1 is 1.47 bits per heavy atom. The van der Waals surface area contributed by atoms with Crippen molar-refractivity contribution in [3.8, 4) is 6.01 Å². The molecule has 0 spiro atoms. The molecule has 17 heavy (non-hydrogen) atoms. The number of carbonyl (C=O) groups excluding carboxylic acids is 1. The molecule has 0 aliphatic rings. The SMILES string of the molecule is CCCOc1nc(Cl)nc(N(C)CC(N)=O)n1. The molecule has 2 N–H and O–H groups in total. The minimum absolute atomic E-state index is 0.00639. The van der Waals surface area contributed by atoms with Gasteiger partial charge in [-0.05, 0) is 18.0 Å². The van der Waals surface area contributed by atoms with Gasteiger partial charge >= 0.3 is 6.01 Å². The molecule has 0 aliphatic heterocycles. The maximum Gasteiger partial charge on any atom is 0.322 e. The molecule has 0 bridgehead atoms. The van der Waals surface area contributed by atoms with E-state index < -0.39 is 5.91 Å². The standard InChI is InChI=1S/C9H14ClN5O2/c1-3-4-17-9-13-7(10)12-8(14-9)15(2)5-6(11)16/h3-5H2,1-2H3,(H2,11,16). The van der Waals surface area contributed by atoms with Gasteiger partial charge in [0.15, 0.2) is 0 Å². The van der Waals surface area contributed by atoms with Crippen molar-refractivity contribution in [1.29, 1.82) is 0 Å². The van der Waals surface area contributed by atoms with Gasteiger partial charge in [0.05, 0.1) is 13.2 Å². The number of rotatable bonds is 6. The summed E-state index contributed by atoms with van der Waals surface area (Å²) in [5.41, 5.74) is 5.07. The van der Waals surface area contributed by atoms with E-state index in [9.17, 15) is 4.79 Å². The Morgan fingerprint density at radius 3 is 2.76 bits per heavy atom. The Bertz CT molecular complexity index is 401. The van der Waals surface area contributed by atoms with E-state index in [1.165, 1.54) is 4.90 Å². The van der Waals surface area contributed by atoms with Crippen LogP contribution < -0.4 is 15.4 Å². The number of nitrogens with zero attached hydrogens (tertiary/aromatic N) is 4. The first kappa shape index (κ1) is 13.4. The predicted molar refractivity (Wildman–Crippen MR) is 63.1 cm³/mol. The molecule has 0 aliphatic carbocycles. The second-order valence-electron chi connectivity index (χ2n) is 3.36. The first-order chi connectivity index (χ1) is 8.02. The first-order valence-electron chi connectivity index (χ1n) is 5.06.